The molecule has 0 saturated heterocycles. The minimum Gasteiger partial charge on any atom is -0.497 e. The minimum atomic E-state index is -0.503. The first-order chi connectivity index (χ1) is 10.1. The fourth-order valence-electron chi connectivity index (χ4n) is 1.74. The van der Waals surface area contributed by atoms with Gasteiger partial charge in [0.1, 0.15) is 23.9 Å². The van der Waals surface area contributed by atoms with Crippen molar-refractivity contribution in [1.82, 2.24) is 0 Å². The highest BCUT2D eigenvalue weighted by Crippen LogP contribution is 2.23. The van der Waals surface area contributed by atoms with Crippen molar-refractivity contribution in [3.63, 3.8) is 0 Å². The molecule has 110 valence electrons. The molecule has 0 fully saturated rings. The fourth-order valence-corrected chi connectivity index (χ4v) is 1.74. The van der Waals surface area contributed by atoms with E-state index >= 15 is 0 Å². The van der Waals surface area contributed by atoms with Crippen LogP contribution in [0.1, 0.15) is 15.9 Å². The van der Waals surface area contributed by atoms with Gasteiger partial charge in [0.05, 0.1) is 19.8 Å². The van der Waals surface area contributed by atoms with Crippen LogP contribution >= 0.6 is 0 Å². The molecule has 0 aliphatic heterocycles. The summed E-state index contributed by atoms with van der Waals surface area (Å²) in [6, 6.07) is 10.6. The number of methoxy groups -OCH3 is 2. The number of rotatable bonds is 5. The van der Waals surface area contributed by atoms with Gasteiger partial charge in [-0.05, 0) is 29.8 Å². The van der Waals surface area contributed by atoms with E-state index < -0.39 is 5.97 Å². The molecule has 0 aliphatic rings. The third-order valence-electron chi connectivity index (χ3n) is 2.87. The molecule has 5 heteroatoms. The van der Waals surface area contributed by atoms with E-state index in [1.807, 2.05) is 0 Å². The SMILES string of the molecule is COc1cc(OC)cc(C(=O)OCc2ccc(F)cc2)c1. The lowest BCUT2D eigenvalue weighted by atomic mass is 10.2. The summed E-state index contributed by atoms with van der Waals surface area (Å²) in [7, 11) is 3.00. The molecule has 0 unspecified atom stereocenters. The quantitative estimate of drug-likeness (QED) is 0.793. The normalized spacial score (nSPS) is 10.0. The Morgan fingerprint density at radius 2 is 1.57 bits per heavy atom. The highest BCUT2D eigenvalue weighted by molar-refractivity contribution is 5.90. The van der Waals surface area contributed by atoms with Crippen LogP contribution in [0.15, 0.2) is 42.5 Å². The Labute approximate surface area is 122 Å². The standard InChI is InChI=1S/C16H15FO4/c1-19-14-7-12(8-15(9-14)20-2)16(18)21-10-11-3-5-13(17)6-4-11/h3-9H,10H2,1-2H3. The van der Waals surface area contributed by atoms with Crippen LogP contribution in [0.25, 0.3) is 0 Å². The predicted octanol–water partition coefficient (Wildman–Crippen LogP) is 3.20. The number of carbonyl (C=O) groups is 1. The maximum atomic E-state index is 12.8. The summed E-state index contributed by atoms with van der Waals surface area (Å²) in [4.78, 5) is 12.0. The van der Waals surface area contributed by atoms with Crippen LogP contribution in [-0.4, -0.2) is 20.2 Å². The average molecular weight is 290 g/mol. The van der Waals surface area contributed by atoms with Crippen molar-refractivity contribution in [2.45, 2.75) is 6.61 Å². The lowest BCUT2D eigenvalue weighted by molar-refractivity contribution is 0.0472. The van der Waals surface area contributed by atoms with Crippen LogP contribution in [0.3, 0.4) is 0 Å². The Morgan fingerprint density at radius 3 is 2.10 bits per heavy atom. The molecule has 2 rings (SSSR count). The summed E-state index contributed by atoms with van der Waals surface area (Å²) in [6.45, 7) is 0.0681. The first-order valence-corrected chi connectivity index (χ1v) is 6.27. The largest absolute Gasteiger partial charge is 0.497 e. The van der Waals surface area contributed by atoms with E-state index in [1.165, 1.54) is 26.4 Å². The summed E-state index contributed by atoms with van der Waals surface area (Å²) in [5.74, 6) is 0.172. The van der Waals surface area contributed by atoms with E-state index in [0.717, 1.165) is 0 Å². The minimum absolute atomic E-state index is 0.0681. The van der Waals surface area contributed by atoms with E-state index in [1.54, 1.807) is 30.3 Å². The number of esters is 1. The first kappa shape index (κ1) is 14.8. The van der Waals surface area contributed by atoms with Gasteiger partial charge in [0.15, 0.2) is 0 Å². The van der Waals surface area contributed by atoms with Crippen molar-refractivity contribution in [2.24, 2.45) is 0 Å². The Morgan fingerprint density at radius 1 is 1.00 bits per heavy atom. The molecule has 0 saturated carbocycles. The Bertz CT molecular complexity index is 600. The number of halogens is 1. The molecule has 2 aromatic rings. The van der Waals surface area contributed by atoms with Crippen molar-refractivity contribution in [3.05, 3.63) is 59.4 Å². The van der Waals surface area contributed by atoms with Crippen LogP contribution in [0.4, 0.5) is 4.39 Å². The maximum Gasteiger partial charge on any atom is 0.338 e. The molecule has 21 heavy (non-hydrogen) atoms. The van der Waals surface area contributed by atoms with E-state index in [4.69, 9.17) is 14.2 Å². The van der Waals surface area contributed by atoms with Crippen molar-refractivity contribution in [1.29, 1.82) is 0 Å². The van der Waals surface area contributed by atoms with Crippen LogP contribution in [0, 0.1) is 5.82 Å². The molecular weight excluding hydrogens is 275 g/mol. The molecule has 0 aliphatic carbocycles. The average Bonchev–Trinajstić information content (AvgIpc) is 2.53. The second-order valence-electron chi connectivity index (χ2n) is 4.30. The molecule has 0 atom stereocenters. The van der Waals surface area contributed by atoms with Crippen LogP contribution in [0.5, 0.6) is 11.5 Å². The topological polar surface area (TPSA) is 44.8 Å². The number of carbonyl (C=O) groups excluding carboxylic acids is 1. The van der Waals surface area contributed by atoms with Crippen LogP contribution in [-0.2, 0) is 11.3 Å². The predicted molar refractivity (Wildman–Crippen MR) is 75.1 cm³/mol. The zero-order valence-corrected chi connectivity index (χ0v) is 11.8. The third-order valence-corrected chi connectivity index (χ3v) is 2.87. The summed E-state index contributed by atoms with van der Waals surface area (Å²) in [5, 5.41) is 0. The van der Waals surface area contributed by atoms with Crippen molar-refractivity contribution < 1.29 is 23.4 Å². The van der Waals surface area contributed by atoms with Gasteiger partial charge in [0, 0.05) is 6.07 Å². The number of ether oxygens (including phenoxy) is 3. The number of benzene rings is 2. The van der Waals surface area contributed by atoms with Gasteiger partial charge in [-0.15, -0.1) is 0 Å². The summed E-state index contributed by atoms with van der Waals surface area (Å²) in [6.07, 6.45) is 0. The molecular formula is C16H15FO4. The number of hydrogen-bond donors (Lipinski definition) is 0. The van der Waals surface area contributed by atoms with Gasteiger partial charge in [0.2, 0.25) is 0 Å². The zero-order chi connectivity index (χ0) is 15.2. The van der Waals surface area contributed by atoms with E-state index in [0.29, 0.717) is 22.6 Å². The summed E-state index contributed by atoms with van der Waals surface area (Å²) < 4.78 is 28.2. The molecule has 0 spiro atoms. The summed E-state index contributed by atoms with van der Waals surface area (Å²) in [5.41, 5.74) is 1.04. The molecule has 0 bridgehead atoms. The van der Waals surface area contributed by atoms with Gasteiger partial charge in [0.25, 0.3) is 0 Å². The molecule has 0 amide bonds. The van der Waals surface area contributed by atoms with Gasteiger partial charge in [-0.2, -0.15) is 0 Å². The molecule has 0 N–H and O–H groups in total. The van der Waals surface area contributed by atoms with Crippen LogP contribution in [0.2, 0.25) is 0 Å². The third kappa shape index (κ3) is 3.95. The lowest BCUT2D eigenvalue weighted by Crippen LogP contribution is -2.06. The zero-order valence-electron chi connectivity index (χ0n) is 11.8. The molecule has 2 aromatic carbocycles. The fraction of sp³-hybridized carbons (Fsp3) is 0.188. The highest BCUT2D eigenvalue weighted by atomic mass is 19.1. The van der Waals surface area contributed by atoms with Gasteiger partial charge in [-0.25, -0.2) is 9.18 Å². The lowest BCUT2D eigenvalue weighted by Gasteiger charge is -2.09. The maximum absolute atomic E-state index is 12.8. The number of hydrogen-bond acceptors (Lipinski definition) is 4. The van der Waals surface area contributed by atoms with E-state index in [9.17, 15) is 9.18 Å². The van der Waals surface area contributed by atoms with Gasteiger partial charge in [-0.3, -0.25) is 0 Å². The van der Waals surface area contributed by atoms with Gasteiger partial charge >= 0.3 is 5.97 Å². The van der Waals surface area contributed by atoms with Crippen molar-refractivity contribution >= 4 is 5.97 Å². The Hall–Kier alpha value is -2.56. The van der Waals surface area contributed by atoms with Crippen molar-refractivity contribution in [2.75, 3.05) is 14.2 Å². The Kier molecular flexibility index (Phi) is 4.77. The van der Waals surface area contributed by atoms with Gasteiger partial charge < -0.3 is 14.2 Å². The smallest absolute Gasteiger partial charge is 0.338 e. The second-order valence-corrected chi connectivity index (χ2v) is 4.30. The molecule has 0 heterocycles. The highest BCUT2D eigenvalue weighted by Gasteiger charge is 2.11. The summed E-state index contributed by atoms with van der Waals surface area (Å²) >= 11 is 0. The van der Waals surface area contributed by atoms with E-state index in [2.05, 4.69) is 0 Å². The monoisotopic (exact) mass is 290 g/mol. The van der Waals surface area contributed by atoms with Gasteiger partial charge in [-0.1, -0.05) is 12.1 Å². The first-order valence-electron chi connectivity index (χ1n) is 6.27. The Balaban J connectivity index is 2.07. The van der Waals surface area contributed by atoms with E-state index in [-0.39, 0.29) is 12.4 Å². The van der Waals surface area contributed by atoms with Crippen LogP contribution < -0.4 is 9.47 Å². The second kappa shape index (κ2) is 6.74. The molecule has 0 aromatic heterocycles. The van der Waals surface area contributed by atoms with Crippen molar-refractivity contribution in [3.8, 4) is 11.5 Å². The molecule has 0 radical (unpaired) electrons. The molecule has 4 nitrogen and oxygen atoms in total.